The summed E-state index contributed by atoms with van der Waals surface area (Å²) in [6.07, 6.45) is -15.1. The number of hydrogen-bond donors (Lipinski definition) is 1. The van der Waals surface area contributed by atoms with Crippen molar-refractivity contribution in [3.8, 4) is 6.07 Å². The highest BCUT2D eigenvalue weighted by Crippen LogP contribution is 2.35. The summed E-state index contributed by atoms with van der Waals surface area (Å²) in [5, 5.41) is 10.8. The van der Waals surface area contributed by atoms with Gasteiger partial charge in [0.2, 0.25) is 6.10 Å². The molecule has 0 bridgehead atoms. The summed E-state index contributed by atoms with van der Waals surface area (Å²) < 4.78 is 75.6. The summed E-state index contributed by atoms with van der Waals surface area (Å²) in [5.74, 6) is 0. The SMILES string of the molecule is CNC(C#N)CCOC(C(F)(F)F)C(F)(F)F. The summed E-state index contributed by atoms with van der Waals surface area (Å²) in [6, 6.07) is 0.799. The number of nitrogens with one attached hydrogen (secondary N) is 1. The third-order valence-electron chi connectivity index (χ3n) is 1.79. The molecule has 1 unspecified atom stereocenters. The average Bonchev–Trinajstić information content (AvgIpc) is 2.14. The lowest BCUT2D eigenvalue weighted by Gasteiger charge is -2.23. The van der Waals surface area contributed by atoms with Crippen molar-refractivity contribution in [2.75, 3.05) is 13.7 Å². The van der Waals surface area contributed by atoms with Gasteiger partial charge >= 0.3 is 12.4 Å². The molecule has 0 aromatic carbocycles. The zero-order valence-corrected chi connectivity index (χ0v) is 8.69. The third-order valence-corrected chi connectivity index (χ3v) is 1.79. The Hall–Kier alpha value is -1.01. The fourth-order valence-electron chi connectivity index (χ4n) is 0.952. The molecule has 0 aromatic rings. The lowest BCUT2D eigenvalue weighted by atomic mass is 10.2. The molecule has 17 heavy (non-hydrogen) atoms. The molecule has 0 aliphatic rings. The minimum Gasteiger partial charge on any atom is -0.361 e. The van der Waals surface area contributed by atoms with E-state index in [0.717, 1.165) is 0 Å². The van der Waals surface area contributed by atoms with Crippen molar-refractivity contribution in [2.24, 2.45) is 0 Å². The second kappa shape index (κ2) is 6.07. The van der Waals surface area contributed by atoms with Crippen LogP contribution in [0, 0.1) is 11.3 Å². The van der Waals surface area contributed by atoms with Crippen LogP contribution in [0.3, 0.4) is 0 Å². The molecule has 0 aliphatic carbocycles. The Bertz CT molecular complexity index is 255. The quantitative estimate of drug-likeness (QED) is 0.772. The molecule has 1 N–H and O–H groups in total. The van der Waals surface area contributed by atoms with Crippen LogP contribution >= 0.6 is 0 Å². The zero-order chi connectivity index (χ0) is 13.7. The van der Waals surface area contributed by atoms with E-state index in [1.807, 2.05) is 0 Å². The van der Waals surface area contributed by atoms with Gasteiger partial charge in [0.25, 0.3) is 0 Å². The van der Waals surface area contributed by atoms with E-state index in [4.69, 9.17) is 5.26 Å². The van der Waals surface area contributed by atoms with Gasteiger partial charge in [-0.05, 0) is 13.5 Å². The Morgan fingerprint density at radius 3 is 1.94 bits per heavy atom. The lowest BCUT2D eigenvalue weighted by Crippen LogP contribution is -2.44. The monoisotopic (exact) mass is 264 g/mol. The molecular weight excluding hydrogens is 254 g/mol. The van der Waals surface area contributed by atoms with Crippen LogP contribution < -0.4 is 5.32 Å². The van der Waals surface area contributed by atoms with Gasteiger partial charge in [-0.2, -0.15) is 31.6 Å². The molecule has 0 aromatic heterocycles. The van der Waals surface area contributed by atoms with Gasteiger partial charge in [0.15, 0.2) is 0 Å². The molecule has 0 fully saturated rings. The Labute approximate surface area is 93.3 Å². The maximum Gasteiger partial charge on any atom is 0.423 e. The fourth-order valence-corrected chi connectivity index (χ4v) is 0.952. The molecule has 9 heteroatoms. The highest BCUT2D eigenvalue weighted by Gasteiger charge is 2.57. The van der Waals surface area contributed by atoms with Gasteiger partial charge in [0.05, 0.1) is 18.7 Å². The predicted molar refractivity (Wildman–Crippen MR) is 44.9 cm³/mol. The number of rotatable bonds is 5. The van der Waals surface area contributed by atoms with Gasteiger partial charge in [-0.15, -0.1) is 0 Å². The van der Waals surface area contributed by atoms with Crippen LogP contribution in [0.2, 0.25) is 0 Å². The van der Waals surface area contributed by atoms with Gasteiger partial charge in [-0.25, -0.2) is 0 Å². The molecule has 3 nitrogen and oxygen atoms in total. The fraction of sp³-hybridized carbons (Fsp3) is 0.875. The number of nitriles is 1. The molecule has 0 saturated heterocycles. The van der Waals surface area contributed by atoms with Gasteiger partial charge in [0.1, 0.15) is 0 Å². The first-order valence-corrected chi connectivity index (χ1v) is 4.44. The van der Waals surface area contributed by atoms with Crippen molar-refractivity contribution in [1.29, 1.82) is 5.26 Å². The molecule has 0 heterocycles. The van der Waals surface area contributed by atoms with Crippen molar-refractivity contribution in [2.45, 2.75) is 30.9 Å². The van der Waals surface area contributed by atoms with E-state index >= 15 is 0 Å². The first-order chi connectivity index (χ1) is 7.62. The highest BCUT2D eigenvalue weighted by atomic mass is 19.4. The van der Waals surface area contributed by atoms with E-state index in [0.29, 0.717) is 0 Å². The van der Waals surface area contributed by atoms with E-state index in [1.165, 1.54) is 7.05 Å². The van der Waals surface area contributed by atoms with E-state index in [-0.39, 0.29) is 6.42 Å². The maximum atomic E-state index is 12.0. The van der Waals surface area contributed by atoms with Crippen molar-refractivity contribution < 1.29 is 31.1 Å². The second-order valence-corrected chi connectivity index (χ2v) is 3.09. The first-order valence-electron chi connectivity index (χ1n) is 4.44. The molecule has 0 spiro atoms. The highest BCUT2D eigenvalue weighted by molar-refractivity contribution is 4.88. The molecule has 1 atom stereocenters. The summed E-state index contributed by atoms with van der Waals surface area (Å²) in [4.78, 5) is 0. The largest absolute Gasteiger partial charge is 0.423 e. The minimum absolute atomic E-state index is 0.268. The molecule has 0 rings (SSSR count). The van der Waals surface area contributed by atoms with Crippen molar-refractivity contribution in [3.05, 3.63) is 0 Å². The van der Waals surface area contributed by atoms with Crippen molar-refractivity contribution >= 4 is 0 Å². The van der Waals surface area contributed by atoms with Crippen LogP contribution in [0.5, 0.6) is 0 Å². The van der Waals surface area contributed by atoms with Crippen LogP contribution in [-0.4, -0.2) is 38.2 Å². The van der Waals surface area contributed by atoms with Gasteiger partial charge in [-0.3, -0.25) is 0 Å². The molecular formula is C8H10F6N2O. The van der Waals surface area contributed by atoms with E-state index < -0.39 is 31.1 Å². The Balaban J connectivity index is 4.36. The van der Waals surface area contributed by atoms with Crippen molar-refractivity contribution in [3.63, 3.8) is 0 Å². The molecule has 0 amide bonds. The number of ether oxygens (including phenoxy) is 1. The molecule has 100 valence electrons. The first kappa shape index (κ1) is 16.0. The Kier molecular flexibility index (Phi) is 5.71. The lowest BCUT2D eigenvalue weighted by molar-refractivity contribution is -0.321. The zero-order valence-electron chi connectivity index (χ0n) is 8.69. The number of halogens is 6. The average molecular weight is 264 g/mol. The van der Waals surface area contributed by atoms with Gasteiger partial charge < -0.3 is 10.1 Å². The van der Waals surface area contributed by atoms with Crippen LogP contribution in [0.15, 0.2) is 0 Å². The van der Waals surface area contributed by atoms with E-state index in [2.05, 4.69) is 10.1 Å². The number of hydrogen-bond acceptors (Lipinski definition) is 3. The Morgan fingerprint density at radius 2 is 1.65 bits per heavy atom. The normalized spacial score (nSPS) is 14.8. The molecule has 0 saturated carbocycles. The third kappa shape index (κ3) is 5.74. The maximum absolute atomic E-state index is 12.0. The van der Waals surface area contributed by atoms with Crippen LogP contribution in [0.4, 0.5) is 26.3 Å². The summed E-state index contributed by atoms with van der Waals surface area (Å²) >= 11 is 0. The number of nitrogens with zero attached hydrogens (tertiary/aromatic N) is 1. The topological polar surface area (TPSA) is 45.0 Å². The summed E-state index contributed by atoms with van der Waals surface area (Å²) in [7, 11) is 1.36. The Morgan fingerprint density at radius 1 is 1.18 bits per heavy atom. The van der Waals surface area contributed by atoms with E-state index in [9.17, 15) is 26.3 Å². The summed E-state index contributed by atoms with van der Waals surface area (Å²) in [5.41, 5.74) is 0. The second-order valence-electron chi connectivity index (χ2n) is 3.09. The summed E-state index contributed by atoms with van der Waals surface area (Å²) in [6.45, 7) is -0.817. The van der Waals surface area contributed by atoms with E-state index in [1.54, 1.807) is 6.07 Å². The van der Waals surface area contributed by atoms with Gasteiger partial charge in [-0.1, -0.05) is 0 Å². The predicted octanol–water partition coefficient (Wildman–Crippen LogP) is 2.00. The van der Waals surface area contributed by atoms with Crippen molar-refractivity contribution in [1.82, 2.24) is 5.32 Å². The molecule has 0 radical (unpaired) electrons. The van der Waals surface area contributed by atoms with Gasteiger partial charge in [0, 0.05) is 0 Å². The smallest absolute Gasteiger partial charge is 0.361 e. The van der Waals surface area contributed by atoms with Crippen LogP contribution in [-0.2, 0) is 4.74 Å². The van der Waals surface area contributed by atoms with Crippen LogP contribution in [0.25, 0.3) is 0 Å². The van der Waals surface area contributed by atoms with Crippen LogP contribution in [0.1, 0.15) is 6.42 Å². The number of alkyl halides is 6. The standard InChI is InChI=1S/C8H10F6N2O/c1-16-5(4-15)2-3-17-6(7(9,10)11)8(12,13)14/h5-6,16H,2-3H2,1H3. The minimum atomic E-state index is -5.51. The molecule has 0 aliphatic heterocycles.